The average molecular weight is 383 g/mol. The number of carbonyl (C=O) groups is 1. The van der Waals surface area contributed by atoms with Gasteiger partial charge in [-0.3, -0.25) is 0 Å². The van der Waals surface area contributed by atoms with Crippen LogP contribution >= 0.6 is 0 Å². The molecule has 2 fully saturated rings. The Morgan fingerprint density at radius 3 is 2.61 bits per heavy atom. The highest BCUT2D eigenvalue weighted by Gasteiger charge is 2.26. The number of likely N-dealkylation sites (tertiary alicyclic amines) is 2. The summed E-state index contributed by atoms with van der Waals surface area (Å²) in [4.78, 5) is 16.9. The van der Waals surface area contributed by atoms with Crippen LogP contribution in [-0.4, -0.2) is 69.9 Å². The largest absolute Gasteiger partial charge is 0.337 e. The number of aryl methyl sites for hydroxylation is 1. The Morgan fingerprint density at radius 1 is 1.11 bits per heavy atom. The van der Waals surface area contributed by atoms with Crippen LogP contribution in [0.15, 0.2) is 36.9 Å². The molecule has 7 nitrogen and oxygen atoms in total. The Balaban J connectivity index is 1.17. The van der Waals surface area contributed by atoms with Gasteiger partial charge in [0.25, 0.3) is 0 Å². The zero-order valence-corrected chi connectivity index (χ0v) is 16.6. The van der Waals surface area contributed by atoms with Crippen LogP contribution in [0, 0.1) is 6.92 Å². The number of benzene rings is 1. The van der Waals surface area contributed by atoms with Gasteiger partial charge in [0.15, 0.2) is 0 Å². The summed E-state index contributed by atoms with van der Waals surface area (Å²) in [6.45, 7) is 7.60. The van der Waals surface area contributed by atoms with Crippen molar-refractivity contribution in [2.45, 2.75) is 38.1 Å². The Morgan fingerprint density at radius 2 is 1.86 bits per heavy atom. The van der Waals surface area contributed by atoms with Crippen LogP contribution < -0.4 is 5.32 Å². The number of rotatable bonds is 5. The quantitative estimate of drug-likeness (QED) is 0.862. The molecule has 1 atom stereocenters. The molecule has 2 aliphatic rings. The highest BCUT2D eigenvalue weighted by molar-refractivity contribution is 5.74. The Kier molecular flexibility index (Phi) is 5.90. The Bertz CT molecular complexity index is 769. The van der Waals surface area contributed by atoms with Crippen molar-refractivity contribution >= 4 is 6.03 Å². The molecule has 1 aromatic carbocycles. The van der Waals surface area contributed by atoms with Gasteiger partial charge >= 0.3 is 6.03 Å². The summed E-state index contributed by atoms with van der Waals surface area (Å²) < 4.78 is 2.05. The second-order valence-corrected chi connectivity index (χ2v) is 8.00. The van der Waals surface area contributed by atoms with Crippen molar-refractivity contribution in [1.82, 2.24) is 29.9 Å². The minimum atomic E-state index is 0.0665. The first-order valence-corrected chi connectivity index (χ1v) is 10.4. The molecule has 0 bridgehead atoms. The molecule has 0 saturated carbocycles. The van der Waals surface area contributed by atoms with Crippen molar-refractivity contribution in [2.24, 2.45) is 0 Å². The van der Waals surface area contributed by atoms with Gasteiger partial charge in [-0.1, -0.05) is 24.3 Å². The molecule has 0 unspecified atom stereocenters. The number of nitrogens with one attached hydrogen (secondary N) is 1. The van der Waals surface area contributed by atoms with Gasteiger partial charge in [0.2, 0.25) is 0 Å². The molecule has 2 amide bonds. The number of hydrogen-bond acceptors (Lipinski definition) is 4. The van der Waals surface area contributed by atoms with Gasteiger partial charge in [0.05, 0.1) is 0 Å². The molecular formula is C21H30N6O. The predicted molar refractivity (Wildman–Crippen MR) is 108 cm³/mol. The van der Waals surface area contributed by atoms with Gasteiger partial charge in [-0.2, -0.15) is 0 Å². The summed E-state index contributed by atoms with van der Waals surface area (Å²) >= 11 is 0. The number of aromatic nitrogens is 3. The lowest BCUT2D eigenvalue weighted by molar-refractivity contribution is 0.170. The maximum atomic E-state index is 12.5. The second-order valence-electron chi connectivity index (χ2n) is 8.00. The van der Waals surface area contributed by atoms with E-state index in [4.69, 9.17) is 0 Å². The molecule has 7 heteroatoms. The zero-order valence-electron chi connectivity index (χ0n) is 16.6. The second kappa shape index (κ2) is 8.73. The van der Waals surface area contributed by atoms with E-state index >= 15 is 0 Å². The van der Waals surface area contributed by atoms with E-state index in [1.807, 2.05) is 9.47 Å². The van der Waals surface area contributed by atoms with Crippen molar-refractivity contribution in [3.05, 3.63) is 48.0 Å². The lowest BCUT2D eigenvalue weighted by atomic mass is 9.94. The number of hydrogen-bond donors (Lipinski definition) is 1. The van der Waals surface area contributed by atoms with Gasteiger partial charge in [0, 0.05) is 38.8 Å². The van der Waals surface area contributed by atoms with E-state index in [0.717, 1.165) is 45.6 Å². The van der Waals surface area contributed by atoms with Gasteiger partial charge in [0.1, 0.15) is 12.7 Å². The summed E-state index contributed by atoms with van der Waals surface area (Å²) in [5.74, 6) is 0.619. The SMILES string of the molecule is Cc1ccccc1[C@@H]1CCN(CCNC(=O)N2CCC(n3cnnc3)CC2)C1. The minimum absolute atomic E-state index is 0.0665. The van der Waals surface area contributed by atoms with E-state index in [0.29, 0.717) is 18.5 Å². The zero-order chi connectivity index (χ0) is 19.3. The number of amides is 2. The first-order valence-electron chi connectivity index (χ1n) is 10.4. The molecule has 1 aromatic heterocycles. The lowest BCUT2D eigenvalue weighted by Gasteiger charge is -2.32. The van der Waals surface area contributed by atoms with E-state index < -0.39 is 0 Å². The number of urea groups is 1. The Labute approximate surface area is 166 Å². The summed E-state index contributed by atoms with van der Waals surface area (Å²) in [5, 5.41) is 10.9. The van der Waals surface area contributed by atoms with Gasteiger partial charge < -0.3 is 19.7 Å². The molecule has 2 aromatic rings. The average Bonchev–Trinajstić information content (AvgIpc) is 3.41. The fraction of sp³-hybridized carbons (Fsp3) is 0.571. The number of nitrogens with zero attached hydrogens (tertiary/aromatic N) is 5. The minimum Gasteiger partial charge on any atom is -0.337 e. The summed E-state index contributed by atoms with van der Waals surface area (Å²) in [6, 6.07) is 9.17. The van der Waals surface area contributed by atoms with Crippen LogP contribution in [0.1, 0.15) is 42.3 Å². The third-order valence-electron chi connectivity index (χ3n) is 6.21. The van der Waals surface area contributed by atoms with Crippen LogP contribution in [0.3, 0.4) is 0 Å². The first kappa shape index (κ1) is 18.9. The lowest BCUT2D eigenvalue weighted by Crippen LogP contribution is -2.46. The van der Waals surface area contributed by atoms with Crippen molar-refractivity contribution in [3.63, 3.8) is 0 Å². The maximum absolute atomic E-state index is 12.5. The summed E-state index contributed by atoms with van der Waals surface area (Å²) in [6.07, 6.45) is 6.64. The van der Waals surface area contributed by atoms with E-state index in [2.05, 4.69) is 51.6 Å². The fourth-order valence-electron chi connectivity index (χ4n) is 4.53. The molecule has 4 rings (SSSR count). The van der Waals surface area contributed by atoms with Crippen molar-refractivity contribution in [1.29, 1.82) is 0 Å². The molecule has 0 aliphatic carbocycles. The molecule has 0 spiro atoms. The van der Waals surface area contributed by atoms with Crippen LogP contribution in [0.25, 0.3) is 0 Å². The topological polar surface area (TPSA) is 66.3 Å². The first-order chi connectivity index (χ1) is 13.7. The summed E-state index contributed by atoms with van der Waals surface area (Å²) in [7, 11) is 0. The van der Waals surface area contributed by atoms with Crippen molar-refractivity contribution in [2.75, 3.05) is 39.3 Å². The third kappa shape index (κ3) is 4.35. The smallest absolute Gasteiger partial charge is 0.317 e. The predicted octanol–water partition coefficient (Wildman–Crippen LogP) is 2.42. The van der Waals surface area contributed by atoms with E-state index in [9.17, 15) is 4.79 Å². The van der Waals surface area contributed by atoms with Gasteiger partial charge in [-0.05, 0) is 49.8 Å². The highest BCUT2D eigenvalue weighted by Crippen LogP contribution is 2.29. The Hall–Kier alpha value is -2.41. The van der Waals surface area contributed by atoms with Crippen LogP contribution in [0.5, 0.6) is 0 Å². The number of piperidine rings is 1. The van der Waals surface area contributed by atoms with E-state index in [1.54, 1.807) is 12.7 Å². The van der Waals surface area contributed by atoms with Crippen LogP contribution in [-0.2, 0) is 0 Å². The normalized spacial score (nSPS) is 21.2. The monoisotopic (exact) mass is 382 g/mol. The molecule has 2 saturated heterocycles. The fourth-order valence-corrected chi connectivity index (χ4v) is 4.53. The van der Waals surface area contributed by atoms with E-state index in [1.165, 1.54) is 17.5 Å². The van der Waals surface area contributed by atoms with Gasteiger partial charge in [-0.15, -0.1) is 10.2 Å². The standard InChI is InChI=1S/C21H30N6O/c1-17-4-2-3-5-20(17)18-6-10-25(14-18)13-9-22-21(28)26-11-7-19(8-12-26)27-15-23-24-16-27/h2-5,15-16,18-19H,6-14H2,1H3,(H,22,28)/t18-/m1/s1. The maximum Gasteiger partial charge on any atom is 0.317 e. The van der Waals surface area contributed by atoms with E-state index in [-0.39, 0.29) is 6.03 Å². The van der Waals surface area contributed by atoms with Crippen molar-refractivity contribution < 1.29 is 4.79 Å². The molecular weight excluding hydrogens is 352 g/mol. The molecule has 150 valence electrons. The highest BCUT2D eigenvalue weighted by atomic mass is 16.2. The van der Waals surface area contributed by atoms with Crippen LogP contribution in [0.2, 0.25) is 0 Å². The molecule has 1 N–H and O–H groups in total. The molecule has 0 radical (unpaired) electrons. The summed E-state index contributed by atoms with van der Waals surface area (Å²) in [5.41, 5.74) is 2.86. The third-order valence-corrected chi connectivity index (χ3v) is 6.21. The van der Waals surface area contributed by atoms with Gasteiger partial charge in [-0.25, -0.2) is 4.79 Å². The molecule has 28 heavy (non-hydrogen) atoms. The van der Waals surface area contributed by atoms with Crippen molar-refractivity contribution in [3.8, 4) is 0 Å². The molecule has 3 heterocycles. The van der Waals surface area contributed by atoms with Crippen LogP contribution in [0.4, 0.5) is 4.79 Å². The molecule has 2 aliphatic heterocycles. The number of carbonyl (C=O) groups excluding carboxylic acids is 1.